The van der Waals surface area contributed by atoms with Crippen molar-refractivity contribution in [3.63, 3.8) is 0 Å². The van der Waals surface area contributed by atoms with Crippen LogP contribution in [0.1, 0.15) is 12.2 Å². The van der Waals surface area contributed by atoms with E-state index in [0.717, 1.165) is 6.29 Å². The number of aromatic nitrogens is 1. The average molecular weight is 155 g/mol. The van der Waals surface area contributed by atoms with Gasteiger partial charge in [-0.25, -0.2) is 0 Å². The predicted molar refractivity (Wildman–Crippen MR) is 37.4 cm³/mol. The summed E-state index contributed by atoms with van der Waals surface area (Å²) in [7, 11) is 1.52. The van der Waals surface area contributed by atoms with Crippen LogP contribution < -0.4 is 4.74 Å². The molecule has 1 aromatic heterocycles. The number of methoxy groups -OCH3 is 1. The Morgan fingerprint density at radius 3 is 3.18 bits per heavy atom. The van der Waals surface area contributed by atoms with E-state index in [9.17, 15) is 4.79 Å². The molecule has 0 radical (unpaired) electrons. The second-order valence-electron chi connectivity index (χ2n) is 2.04. The van der Waals surface area contributed by atoms with Crippen molar-refractivity contribution >= 4 is 6.29 Å². The Morgan fingerprint density at radius 2 is 2.64 bits per heavy atom. The topological polar surface area (TPSA) is 52.3 Å². The fourth-order valence-electron chi connectivity index (χ4n) is 0.709. The molecule has 0 saturated carbocycles. The third-order valence-electron chi connectivity index (χ3n) is 1.26. The minimum absolute atomic E-state index is 0.450. The molecule has 0 fully saturated rings. The van der Waals surface area contributed by atoms with Crippen LogP contribution in [0.2, 0.25) is 0 Å². The lowest BCUT2D eigenvalue weighted by molar-refractivity contribution is -0.107. The van der Waals surface area contributed by atoms with E-state index in [1.165, 1.54) is 7.11 Å². The zero-order valence-corrected chi connectivity index (χ0v) is 6.24. The van der Waals surface area contributed by atoms with E-state index in [4.69, 9.17) is 9.26 Å². The summed E-state index contributed by atoms with van der Waals surface area (Å²) in [6, 6.07) is 1.67. The van der Waals surface area contributed by atoms with Gasteiger partial charge in [0.2, 0.25) is 0 Å². The number of rotatable bonds is 4. The van der Waals surface area contributed by atoms with Crippen molar-refractivity contribution in [2.75, 3.05) is 7.11 Å². The molecule has 0 N–H and O–H groups in total. The number of nitrogens with zero attached hydrogens (tertiary/aromatic N) is 1. The van der Waals surface area contributed by atoms with Gasteiger partial charge in [-0.1, -0.05) is 0 Å². The first-order valence-electron chi connectivity index (χ1n) is 3.30. The molecule has 0 aliphatic rings. The summed E-state index contributed by atoms with van der Waals surface area (Å²) in [5.41, 5.74) is 0. The molecule has 0 unspecified atom stereocenters. The number of hydrogen-bond acceptors (Lipinski definition) is 4. The lowest BCUT2D eigenvalue weighted by Crippen LogP contribution is -1.82. The fourth-order valence-corrected chi connectivity index (χ4v) is 0.709. The first-order valence-corrected chi connectivity index (χ1v) is 3.30. The molecule has 0 aliphatic heterocycles. The van der Waals surface area contributed by atoms with Gasteiger partial charge in [-0.15, -0.1) is 0 Å². The monoisotopic (exact) mass is 155 g/mol. The van der Waals surface area contributed by atoms with Gasteiger partial charge in [-0.2, -0.15) is 0 Å². The first kappa shape index (κ1) is 7.78. The SMILES string of the molecule is COc1cc(CCC=O)on1. The molecule has 0 aromatic carbocycles. The number of hydrogen-bond donors (Lipinski definition) is 0. The van der Waals surface area contributed by atoms with Crippen molar-refractivity contribution in [2.24, 2.45) is 0 Å². The lowest BCUT2D eigenvalue weighted by atomic mass is 10.3. The normalized spacial score (nSPS) is 9.55. The fraction of sp³-hybridized carbons (Fsp3) is 0.429. The Balaban J connectivity index is 2.50. The maximum Gasteiger partial charge on any atom is 0.254 e. The quantitative estimate of drug-likeness (QED) is 0.604. The van der Waals surface area contributed by atoms with Crippen LogP contribution in [0.15, 0.2) is 10.6 Å². The first-order chi connectivity index (χ1) is 5.36. The van der Waals surface area contributed by atoms with Gasteiger partial charge >= 0.3 is 0 Å². The van der Waals surface area contributed by atoms with Crippen molar-refractivity contribution in [3.8, 4) is 5.88 Å². The van der Waals surface area contributed by atoms with Gasteiger partial charge in [-0.3, -0.25) is 0 Å². The molecular formula is C7H9NO3. The number of carbonyl (C=O) groups is 1. The highest BCUT2D eigenvalue weighted by Gasteiger charge is 2.01. The van der Waals surface area contributed by atoms with Crippen LogP contribution in [0.4, 0.5) is 0 Å². The molecule has 4 heteroatoms. The second kappa shape index (κ2) is 3.75. The molecule has 60 valence electrons. The molecule has 1 rings (SSSR count). The Bertz CT molecular complexity index is 231. The van der Waals surface area contributed by atoms with Crippen molar-refractivity contribution in [1.29, 1.82) is 0 Å². The van der Waals surface area contributed by atoms with E-state index >= 15 is 0 Å². The Hall–Kier alpha value is -1.32. The molecule has 1 heterocycles. The van der Waals surface area contributed by atoms with Gasteiger partial charge in [0.1, 0.15) is 12.0 Å². The molecule has 4 nitrogen and oxygen atoms in total. The summed E-state index contributed by atoms with van der Waals surface area (Å²) < 4.78 is 9.61. The average Bonchev–Trinajstić information content (AvgIpc) is 2.48. The zero-order chi connectivity index (χ0) is 8.10. The van der Waals surface area contributed by atoms with E-state index in [1.807, 2.05) is 0 Å². The van der Waals surface area contributed by atoms with Crippen molar-refractivity contribution < 1.29 is 14.1 Å². The number of carbonyl (C=O) groups excluding carboxylic acids is 1. The van der Waals surface area contributed by atoms with E-state index < -0.39 is 0 Å². The van der Waals surface area contributed by atoms with Crippen molar-refractivity contribution in [1.82, 2.24) is 5.16 Å². The molecule has 0 spiro atoms. The van der Waals surface area contributed by atoms with Gasteiger partial charge in [-0.05, 0) is 5.16 Å². The summed E-state index contributed by atoms with van der Waals surface area (Å²) in [6.07, 6.45) is 1.88. The molecule has 1 aromatic rings. The molecule has 0 aliphatic carbocycles. The van der Waals surface area contributed by atoms with Crippen LogP contribution in [-0.4, -0.2) is 18.6 Å². The molecule has 11 heavy (non-hydrogen) atoms. The van der Waals surface area contributed by atoms with E-state index in [2.05, 4.69) is 5.16 Å². The predicted octanol–water partition coefficient (Wildman–Crippen LogP) is 0.815. The Morgan fingerprint density at radius 1 is 1.82 bits per heavy atom. The highest BCUT2D eigenvalue weighted by molar-refractivity contribution is 5.49. The summed E-state index contributed by atoms with van der Waals surface area (Å²) >= 11 is 0. The van der Waals surface area contributed by atoms with Gasteiger partial charge in [0.25, 0.3) is 5.88 Å². The summed E-state index contributed by atoms with van der Waals surface area (Å²) in [4.78, 5) is 9.96. The summed E-state index contributed by atoms with van der Waals surface area (Å²) in [6.45, 7) is 0. The molecular weight excluding hydrogens is 146 g/mol. The third kappa shape index (κ3) is 2.07. The molecule has 0 atom stereocenters. The van der Waals surface area contributed by atoms with Crippen molar-refractivity contribution in [3.05, 3.63) is 11.8 Å². The Kier molecular flexibility index (Phi) is 2.66. The highest BCUT2D eigenvalue weighted by Crippen LogP contribution is 2.11. The number of ether oxygens (including phenoxy) is 1. The van der Waals surface area contributed by atoms with Crippen LogP contribution in [0.5, 0.6) is 5.88 Å². The lowest BCUT2D eigenvalue weighted by Gasteiger charge is -1.84. The minimum Gasteiger partial charge on any atom is -0.479 e. The molecule has 0 saturated heterocycles. The van der Waals surface area contributed by atoms with Crippen LogP contribution in [0.3, 0.4) is 0 Å². The van der Waals surface area contributed by atoms with E-state index in [-0.39, 0.29) is 0 Å². The maximum absolute atomic E-state index is 9.96. The van der Waals surface area contributed by atoms with Gasteiger partial charge < -0.3 is 14.1 Å². The zero-order valence-electron chi connectivity index (χ0n) is 6.24. The minimum atomic E-state index is 0.450. The van der Waals surface area contributed by atoms with Crippen LogP contribution in [0, 0.1) is 0 Å². The summed E-state index contributed by atoms with van der Waals surface area (Å²) in [5.74, 6) is 1.12. The van der Waals surface area contributed by atoms with Crippen LogP contribution >= 0.6 is 0 Å². The summed E-state index contributed by atoms with van der Waals surface area (Å²) in [5, 5.41) is 3.57. The smallest absolute Gasteiger partial charge is 0.254 e. The molecule has 0 amide bonds. The van der Waals surface area contributed by atoms with Gasteiger partial charge in [0, 0.05) is 18.9 Å². The van der Waals surface area contributed by atoms with E-state index in [1.54, 1.807) is 6.07 Å². The third-order valence-corrected chi connectivity index (χ3v) is 1.26. The van der Waals surface area contributed by atoms with Gasteiger partial charge in [0.05, 0.1) is 7.11 Å². The largest absolute Gasteiger partial charge is 0.479 e. The van der Waals surface area contributed by atoms with E-state index in [0.29, 0.717) is 24.5 Å². The van der Waals surface area contributed by atoms with Crippen LogP contribution in [0.25, 0.3) is 0 Å². The highest BCUT2D eigenvalue weighted by atomic mass is 16.5. The Labute approximate surface area is 64.1 Å². The maximum atomic E-state index is 9.96. The number of aryl methyl sites for hydroxylation is 1. The van der Waals surface area contributed by atoms with Crippen LogP contribution in [-0.2, 0) is 11.2 Å². The molecule has 0 bridgehead atoms. The standard InChI is InChI=1S/C7H9NO3/c1-10-7-5-6(11-8-7)3-2-4-9/h4-5H,2-3H2,1H3. The second-order valence-corrected chi connectivity index (χ2v) is 2.04. The van der Waals surface area contributed by atoms with Gasteiger partial charge in [0.15, 0.2) is 0 Å². The van der Waals surface area contributed by atoms with Crippen molar-refractivity contribution in [2.45, 2.75) is 12.8 Å². The number of aldehydes is 1.